The van der Waals surface area contributed by atoms with Gasteiger partial charge in [0.05, 0.1) is 11.1 Å². The Hall–Kier alpha value is -5.08. The topological polar surface area (TPSA) is 6.48 Å². The first kappa shape index (κ1) is 35.1. The molecular formula is C55H56N2. The molecule has 2 fully saturated rings. The van der Waals surface area contributed by atoms with E-state index < -0.39 is 0 Å². The Morgan fingerprint density at radius 1 is 0.421 bits per heavy atom. The van der Waals surface area contributed by atoms with E-state index in [9.17, 15) is 0 Å². The highest BCUT2D eigenvalue weighted by molar-refractivity contribution is 5.89. The van der Waals surface area contributed by atoms with Crippen LogP contribution in [0.5, 0.6) is 0 Å². The molecule has 4 atom stereocenters. The molecule has 2 heterocycles. The molecule has 0 N–H and O–H groups in total. The molecule has 0 bridgehead atoms. The van der Waals surface area contributed by atoms with Gasteiger partial charge in [0, 0.05) is 33.6 Å². The van der Waals surface area contributed by atoms with Crippen molar-refractivity contribution in [3.63, 3.8) is 0 Å². The maximum Gasteiger partial charge on any atom is 0.0518 e. The molecule has 4 unspecified atom stereocenters. The molecule has 286 valence electrons. The molecule has 0 spiro atoms. The minimum atomic E-state index is 0.0500. The first-order chi connectivity index (χ1) is 27.5. The van der Waals surface area contributed by atoms with Gasteiger partial charge in [0.2, 0.25) is 0 Å². The number of fused-ring (bicyclic) bond motifs is 9. The second-order valence-electron chi connectivity index (χ2n) is 19.3. The predicted octanol–water partition coefficient (Wildman–Crippen LogP) is 14.7. The molecule has 3 aliphatic carbocycles. The molecule has 0 saturated heterocycles. The standard InChI is InChI=1S/C55H56N2/c1-36-29-42(34-48-50(36)56(44-17-9-7-10-18-44)54(5)27-15-13-25-52(48,54)3)38-21-23-40-31-41-24-22-39(33-47(41)46(40)32-38)43-30-37(2)51-49(35-43)53(4)26-14-16-28-55(53,6)57(51)45-19-11-8-12-20-45/h7-12,17-24,29-30,32-35H,13-16,25-28,31H2,1-6H3. The van der Waals surface area contributed by atoms with Crippen LogP contribution in [0.15, 0.2) is 121 Å². The van der Waals surface area contributed by atoms with Crippen molar-refractivity contribution in [2.24, 2.45) is 0 Å². The average Bonchev–Trinajstić information content (AvgIpc) is 3.77. The van der Waals surface area contributed by atoms with Crippen molar-refractivity contribution in [3.05, 3.63) is 155 Å². The summed E-state index contributed by atoms with van der Waals surface area (Å²) in [6.45, 7) is 14.9. The van der Waals surface area contributed by atoms with Gasteiger partial charge in [-0.15, -0.1) is 0 Å². The van der Waals surface area contributed by atoms with E-state index in [1.165, 1.54) is 141 Å². The normalized spacial score (nSPS) is 26.7. The largest absolute Gasteiger partial charge is 0.334 e. The van der Waals surface area contributed by atoms with Gasteiger partial charge < -0.3 is 9.80 Å². The second-order valence-corrected chi connectivity index (χ2v) is 19.3. The molecule has 0 aromatic heterocycles. The van der Waals surface area contributed by atoms with E-state index >= 15 is 0 Å². The summed E-state index contributed by atoms with van der Waals surface area (Å²) in [5, 5.41) is 0. The third kappa shape index (κ3) is 4.71. The van der Waals surface area contributed by atoms with Crippen LogP contribution in [-0.4, -0.2) is 11.1 Å². The fraction of sp³-hybridized carbons (Fsp3) is 0.345. The van der Waals surface area contributed by atoms with Crippen molar-refractivity contribution in [3.8, 4) is 33.4 Å². The quantitative estimate of drug-likeness (QED) is 0.177. The second kappa shape index (κ2) is 12.2. The summed E-state index contributed by atoms with van der Waals surface area (Å²) >= 11 is 0. The van der Waals surface area contributed by atoms with Gasteiger partial charge in [-0.3, -0.25) is 0 Å². The van der Waals surface area contributed by atoms with Crippen LogP contribution in [0.4, 0.5) is 22.7 Å². The van der Waals surface area contributed by atoms with Crippen LogP contribution in [0.1, 0.15) is 112 Å². The number of anilines is 4. The van der Waals surface area contributed by atoms with E-state index in [0.717, 1.165) is 6.42 Å². The van der Waals surface area contributed by atoms with Gasteiger partial charge in [-0.25, -0.2) is 0 Å². The lowest BCUT2D eigenvalue weighted by Gasteiger charge is -2.50. The van der Waals surface area contributed by atoms with Gasteiger partial charge in [0.15, 0.2) is 0 Å². The number of aryl methyl sites for hydroxylation is 2. The molecule has 2 nitrogen and oxygen atoms in total. The van der Waals surface area contributed by atoms with Crippen molar-refractivity contribution in [1.29, 1.82) is 0 Å². The van der Waals surface area contributed by atoms with E-state index in [1.54, 1.807) is 0 Å². The summed E-state index contributed by atoms with van der Waals surface area (Å²) in [6.07, 6.45) is 11.1. The van der Waals surface area contributed by atoms with Crippen LogP contribution in [0.25, 0.3) is 33.4 Å². The van der Waals surface area contributed by atoms with Crippen LogP contribution in [-0.2, 0) is 17.3 Å². The Bertz CT molecular complexity index is 2420. The molecule has 57 heavy (non-hydrogen) atoms. The van der Waals surface area contributed by atoms with Gasteiger partial charge in [-0.05, 0) is 187 Å². The minimum absolute atomic E-state index is 0.0500. The Morgan fingerprint density at radius 2 is 0.825 bits per heavy atom. The summed E-state index contributed by atoms with van der Waals surface area (Å²) < 4.78 is 0. The average molecular weight is 745 g/mol. The molecule has 2 heteroatoms. The number of hydrogen-bond acceptors (Lipinski definition) is 2. The summed E-state index contributed by atoms with van der Waals surface area (Å²) in [6, 6.07) is 47.1. The van der Waals surface area contributed by atoms with Crippen molar-refractivity contribution >= 4 is 22.7 Å². The van der Waals surface area contributed by atoms with E-state index in [2.05, 4.69) is 173 Å². The summed E-state index contributed by atoms with van der Waals surface area (Å²) in [4.78, 5) is 5.44. The van der Waals surface area contributed by atoms with E-state index in [1.807, 2.05) is 0 Å². The van der Waals surface area contributed by atoms with E-state index in [4.69, 9.17) is 0 Å². The zero-order valence-electron chi connectivity index (χ0n) is 34.8. The third-order valence-corrected chi connectivity index (χ3v) is 16.4. The Morgan fingerprint density at radius 3 is 1.25 bits per heavy atom. The van der Waals surface area contributed by atoms with Gasteiger partial charge >= 0.3 is 0 Å². The van der Waals surface area contributed by atoms with Crippen molar-refractivity contribution in [2.75, 3.05) is 9.80 Å². The monoisotopic (exact) mass is 744 g/mol. The van der Waals surface area contributed by atoms with Crippen LogP contribution >= 0.6 is 0 Å². The molecule has 5 aliphatic rings. The maximum absolute atomic E-state index is 2.72. The zero-order chi connectivity index (χ0) is 38.9. The smallest absolute Gasteiger partial charge is 0.0518 e. The molecule has 0 amide bonds. The fourth-order valence-corrected chi connectivity index (χ4v) is 12.9. The molecule has 6 aromatic rings. The van der Waals surface area contributed by atoms with Gasteiger partial charge in [-0.1, -0.05) is 100 Å². The number of rotatable bonds is 4. The van der Waals surface area contributed by atoms with Gasteiger partial charge in [-0.2, -0.15) is 0 Å². The molecule has 2 saturated carbocycles. The third-order valence-electron chi connectivity index (χ3n) is 16.4. The summed E-state index contributed by atoms with van der Waals surface area (Å²) in [5.74, 6) is 0. The van der Waals surface area contributed by atoms with Crippen molar-refractivity contribution in [2.45, 2.75) is 121 Å². The van der Waals surface area contributed by atoms with Crippen molar-refractivity contribution < 1.29 is 0 Å². The van der Waals surface area contributed by atoms with Crippen LogP contribution in [0, 0.1) is 13.8 Å². The summed E-state index contributed by atoms with van der Waals surface area (Å²) in [7, 11) is 0. The Balaban J connectivity index is 1.000. The Labute approximate surface area is 340 Å². The lowest BCUT2D eigenvalue weighted by molar-refractivity contribution is 0.195. The van der Waals surface area contributed by atoms with Crippen LogP contribution in [0.2, 0.25) is 0 Å². The molecule has 11 rings (SSSR count). The molecule has 6 aromatic carbocycles. The molecule has 2 aliphatic heterocycles. The van der Waals surface area contributed by atoms with Crippen LogP contribution < -0.4 is 9.80 Å². The van der Waals surface area contributed by atoms with Gasteiger partial charge in [0.25, 0.3) is 0 Å². The Kier molecular flexibility index (Phi) is 7.52. The fourth-order valence-electron chi connectivity index (χ4n) is 12.9. The lowest BCUT2D eigenvalue weighted by atomic mass is 9.61. The van der Waals surface area contributed by atoms with Crippen LogP contribution in [0.3, 0.4) is 0 Å². The zero-order valence-corrected chi connectivity index (χ0v) is 34.8. The number of benzene rings is 6. The first-order valence-corrected chi connectivity index (χ1v) is 21.8. The predicted molar refractivity (Wildman–Crippen MR) is 241 cm³/mol. The molecule has 0 radical (unpaired) electrons. The van der Waals surface area contributed by atoms with Gasteiger partial charge in [0.1, 0.15) is 0 Å². The number of para-hydroxylation sites is 2. The number of nitrogens with zero attached hydrogens (tertiary/aromatic N) is 2. The maximum atomic E-state index is 2.72. The summed E-state index contributed by atoms with van der Waals surface area (Å²) in [5.41, 5.74) is 22.7. The first-order valence-electron chi connectivity index (χ1n) is 21.8. The minimum Gasteiger partial charge on any atom is -0.334 e. The SMILES string of the molecule is Cc1cc(-c2ccc3c(c2)-c2cc(-c4cc(C)c5c(c4)C4(C)CCCCC4(C)N5c4ccccc4)ccc2C3)cc2c1N(c1ccccc1)C1(C)CCCCC21C. The molecular weight excluding hydrogens is 689 g/mol. The highest BCUT2D eigenvalue weighted by atomic mass is 15.3. The number of hydrogen-bond donors (Lipinski definition) is 0. The lowest BCUT2D eigenvalue weighted by Crippen LogP contribution is -2.54. The van der Waals surface area contributed by atoms with E-state index in [0.29, 0.717) is 0 Å². The van der Waals surface area contributed by atoms with E-state index in [-0.39, 0.29) is 21.9 Å². The van der Waals surface area contributed by atoms with Crippen molar-refractivity contribution in [1.82, 2.24) is 0 Å². The highest BCUT2D eigenvalue weighted by Gasteiger charge is 2.59. The highest BCUT2D eigenvalue weighted by Crippen LogP contribution is 2.64.